The maximum absolute atomic E-state index is 15.6. The molecule has 0 saturated carbocycles. The summed E-state index contributed by atoms with van der Waals surface area (Å²) in [5.41, 5.74) is 0.400. The summed E-state index contributed by atoms with van der Waals surface area (Å²) in [6, 6.07) is 6.43. The summed E-state index contributed by atoms with van der Waals surface area (Å²) < 4.78 is 57.8. The van der Waals surface area contributed by atoms with Crippen LogP contribution in [0.1, 0.15) is 30.6 Å². The number of benzene rings is 2. The number of halogens is 4. The number of nitrogens with one attached hydrogen (secondary N) is 3. The lowest BCUT2D eigenvalue weighted by molar-refractivity contribution is -0.133. The van der Waals surface area contributed by atoms with Crippen molar-refractivity contribution >= 4 is 29.1 Å². The number of nitrogens with zero attached hydrogens (tertiary/aromatic N) is 2. The predicted octanol–water partition coefficient (Wildman–Crippen LogP) is 3.48. The number of hydrogen-bond donors (Lipinski definition) is 3. The normalized spacial score (nSPS) is 23.6. The fraction of sp³-hybridized carbons (Fsp3) is 0.464. The molecule has 3 N–H and O–H groups in total. The molecule has 2 aliphatic rings. The highest BCUT2D eigenvalue weighted by Gasteiger charge is 2.40. The Hall–Kier alpha value is -3.67. The molecule has 2 aromatic rings. The Bertz CT molecular complexity index is 1290. The number of amides is 3. The number of piperazine rings is 1. The van der Waals surface area contributed by atoms with Crippen LogP contribution in [-0.4, -0.2) is 74.9 Å². The second-order valence-electron chi connectivity index (χ2n) is 10.5. The number of likely N-dealkylation sites (N-methyl/N-ethyl adjacent to an activating group) is 1. The summed E-state index contributed by atoms with van der Waals surface area (Å²) >= 11 is 0. The molecule has 0 aromatic heterocycles. The van der Waals surface area contributed by atoms with E-state index in [2.05, 4.69) is 20.9 Å². The molecule has 2 fully saturated rings. The molecule has 4 rings (SSSR count). The average molecular weight is 564 g/mol. The van der Waals surface area contributed by atoms with E-state index in [9.17, 15) is 27.6 Å². The highest BCUT2D eigenvalue weighted by Crippen LogP contribution is 2.37. The fourth-order valence-electron chi connectivity index (χ4n) is 5.33. The largest absolute Gasteiger partial charge is 0.367 e. The van der Waals surface area contributed by atoms with Gasteiger partial charge in [-0.15, -0.1) is 0 Å². The monoisotopic (exact) mass is 563 g/mol. The van der Waals surface area contributed by atoms with E-state index in [0.717, 1.165) is 6.07 Å². The van der Waals surface area contributed by atoms with Gasteiger partial charge >= 0.3 is 0 Å². The minimum Gasteiger partial charge on any atom is -0.367 e. The van der Waals surface area contributed by atoms with Crippen LogP contribution < -0.4 is 20.9 Å². The smallest absolute Gasteiger partial charge is 0.253 e. The van der Waals surface area contributed by atoms with Crippen molar-refractivity contribution < 1.29 is 31.9 Å². The van der Waals surface area contributed by atoms with Crippen LogP contribution in [-0.2, 0) is 9.59 Å². The van der Waals surface area contributed by atoms with Gasteiger partial charge in [-0.05, 0) is 50.7 Å². The Balaban J connectivity index is 1.76. The molecule has 2 aliphatic heterocycles. The van der Waals surface area contributed by atoms with Crippen molar-refractivity contribution in [1.29, 1.82) is 0 Å². The first kappa shape index (κ1) is 29.3. The second-order valence-corrected chi connectivity index (χ2v) is 10.5. The molecule has 216 valence electrons. The molecule has 2 heterocycles. The van der Waals surface area contributed by atoms with Gasteiger partial charge < -0.3 is 20.9 Å². The lowest BCUT2D eigenvalue weighted by Gasteiger charge is -2.44. The number of carbonyl (C=O) groups excluding carboxylic acids is 3. The van der Waals surface area contributed by atoms with Crippen molar-refractivity contribution in [2.45, 2.75) is 38.8 Å². The maximum atomic E-state index is 15.6. The summed E-state index contributed by atoms with van der Waals surface area (Å²) in [5, 5.41) is 7.51. The van der Waals surface area contributed by atoms with Crippen LogP contribution >= 0.6 is 0 Å². The Morgan fingerprint density at radius 1 is 1.05 bits per heavy atom. The van der Waals surface area contributed by atoms with Gasteiger partial charge in [0.15, 0.2) is 0 Å². The van der Waals surface area contributed by atoms with Gasteiger partial charge in [-0.1, -0.05) is 6.07 Å². The molecule has 8 nitrogen and oxygen atoms in total. The number of hydrogen-bond acceptors (Lipinski definition) is 5. The highest BCUT2D eigenvalue weighted by molar-refractivity contribution is 5.99. The number of anilines is 2. The van der Waals surface area contributed by atoms with Crippen LogP contribution in [0.3, 0.4) is 0 Å². The van der Waals surface area contributed by atoms with Gasteiger partial charge in [0.25, 0.3) is 5.91 Å². The number of rotatable bonds is 6. The number of carbonyl (C=O) groups is 3. The van der Waals surface area contributed by atoms with Crippen molar-refractivity contribution in [3.05, 3.63) is 47.5 Å². The topological polar surface area (TPSA) is 93.8 Å². The van der Waals surface area contributed by atoms with Crippen LogP contribution in [0.5, 0.6) is 0 Å². The summed E-state index contributed by atoms with van der Waals surface area (Å²) in [6.07, 6.45) is -3.37. The summed E-state index contributed by atoms with van der Waals surface area (Å²) in [6.45, 7) is 4.80. The molecule has 2 unspecified atom stereocenters. The van der Waals surface area contributed by atoms with Gasteiger partial charge in [0.05, 0.1) is 22.9 Å². The highest BCUT2D eigenvalue weighted by atomic mass is 19.3. The van der Waals surface area contributed by atoms with Gasteiger partial charge in [0.2, 0.25) is 18.2 Å². The Labute approximate surface area is 230 Å². The van der Waals surface area contributed by atoms with Crippen molar-refractivity contribution in [2.24, 2.45) is 11.8 Å². The Kier molecular flexibility index (Phi) is 8.67. The van der Waals surface area contributed by atoms with E-state index in [-0.39, 0.29) is 41.0 Å². The van der Waals surface area contributed by atoms with Crippen molar-refractivity contribution in [3.63, 3.8) is 0 Å². The minimum absolute atomic E-state index is 0.0426. The van der Waals surface area contributed by atoms with E-state index < -0.39 is 54.0 Å². The average Bonchev–Trinajstić information content (AvgIpc) is 2.91. The van der Waals surface area contributed by atoms with Gasteiger partial charge in [-0.3, -0.25) is 19.3 Å². The zero-order valence-corrected chi connectivity index (χ0v) is 22.7. The van der Waals surface area contributed by atoms with Crippen LogP contribution in [0.2, 0.25) is 0 Å². The van der Waals surface area contributed by atoms with Gasteiger partial charge in [-0.2, -0.15) is 0 Å². The van der Waals surface area contributed by atoms with E-state index in [0.29, 0.717) is 18.8 Å². The molecule has 4 atom stereocenters. The fourth-order valence-corrected chi connectivity index (χ4v) is 5.33. The first-order valence-corrected chi connectivity index (χ1v) is 13.1. The van der Waals surface area contributed by atoms with Crippen LogP contribution in [0.15, 0.2) is 30.3 Å². The lowest BCUT2D eigenvalue weighted by Crippen LogP contribution is -2.55. The third-order valence-electron chi connectivity index (χ3n) is 7.91. The molecule has 0 bridgehead atoms. The molecule has 3 amide bonds. The van der Waals surface area contributed by atoms with Crippen LogP contribution in [0, 0.1) is 23.5 Å². The minimum atomic E-state index is -2.88. The van der Waals surface area contributed by atoms with Gasteiger partial charge in [0.1, 0.15) is 11.6 Å². The number of alkyl halides is 2. The van der Waals surface area contributed by atoms with E-state index in [4.69, 9.17) is 0 Å². The van der Waals surface area contributed by atoms with Crippen LogP contribution in [0.4, 0.5) is 28.9 Å². The molecule has 0 radical (unpaired) electrons. The summed E-state index contributed by atoms with van der Waals surface area (Å²) in [7, 11) is 3.34. The number of piperidine rings is 1. The van der Waals surface area contributed by atoms with E-state index in [1.54, 1.807) is 0 Å². The summed E-state index contributed by atoms with van der Waals surface area (Å²) in [5.74, 6) is -6.14. The molecular formula is C28H33F4N5O3. The maximum Gasteiger partial charge on any atom is 0.253 e. The third kappa shape index (κ3) is 5.91. The van der Waals surface area contributed by atoms with Crippen molar-refractivity contribution in [3.8, 4) is 11.1 Å². The van der Waals surface area contributed by atoms with E-state index in [1.807, 2.05) is 25.8 Å². The standard InChI is InChI=1S/C28H33F4N5O3/c1-14-12-37(13-15(2)36(14)4)24-10-22(30)18(16-5-6-17(21(29)7-16)27(39)33-3)8-23(24)35-28(40)20-11-34-25(38)9-19(20)26(31)32/h5-8,10,14-15,19-20,26H,9,11-13H2,1-4H3,(H,33,39)(H,34,38)(H,35,40)/t14-,15+,19?,20?. The molecule has 12 heteroatoms. The van der Waals surface area contributed by atoms with Crippen molar-refractivity contribution in [2.75, 3.05) is 43.9 Å². The zero-order valence-electron chi connectivity index (χ0n) is 22.7. The molecule has 2 aromatic carbocycles. The Morgan fingerprint density at radius 3 is 2.33 bits per heavy atom. The first-order chi connectivity index (χ1) is 18.9. The quantitative estimate of drug-likeness (QED) is 0.468. The van der Waals surface area contributed by atoms with Crippen molar-refractivity contribution in [1.82, 2.24) is 15.5 Å². The SMILES string of the molecule is CNC(=O)c1ccc(-c2cc(NC(=O)C3CNC(=O)CC3C(F)F)c(N3C[C@@H](C)N(C)[C@@H](C)C3)cc2F)cc1F. The van der Waals surface area contributed by atoms with Gasteiger partial charge in [-0.25, -0.2) is 17.6 Å². The van der Waals surface area contributed by atoms with Crippen LogP contribution in [0.25, 0.3) is 11.1 Å². The lowest BCUT2D eigenvalue weighted by atomic mass is 9.85. The predicted molar refractivity (Wildman–Crippen MR) is 143 cm³/mol. The third-order valence-corrected chi connectivity index (χ3v) is 7.91. The molecule has 0 aliphatic carbocycles. The summed E-state index contributed by atoms with van der Waals surface area (Å²) in [4.78, 5) is 41.0. The molecule has 2 saturated heterocycles. The molecule has 0 spiro atoms. The molecule has 40 heavy (non-hydrogen) atoms. The van der Waals surface area contributed by atoms with Gasteiger partial charge in [0, 0.05) is 56.7 Å². The van der Waals surface area contributed by atoms with E-state index in [1.165, 1.54) is 31.3 Å². The zero-order chi connectivity index (χ0) is 29.3. The first-order valence-electron chi connectivity index (χ1n) is 13.1. The second kappa shape index (κ2) is 11.8. The Morgan fingerprint density at radius 2 is 1.73 bits per heavy atom. The molecular weight excluding hydrogens is 530 g/mol. The van der Waals surface area contributed by atoms with E-state index >= 15 is 4.39 Å².